The van der Waals surface area contributed by atoms with E-state index in [-0.39, 0.29) is 23.5 Å². The van der Waals surface area contributed by atoms with E-state index in [1.807, 2.05) is 6.92 Å². The summed E-state index contributed by atoms with van der Waals surface area (Å²) in [7, 11) is 0. The summed E-state index contributed by atoms with van der Waals surface area (Å²) in [6.07, 6.45) is 2.03. The molecular formula is C17H26O6. The Kier molecular flexibility index (Phi) is 3.76. The number of aliphatic hydroxyl groups excluding tert-OH is 1. The molecule has 2 saturated carbocycles. The van der Waals surface area contributed by atoms with Crippen molar-refractivity contribution >= 4 is 11.9 Å². The molecule has 3 fully saturated rings. The second kappa shape index (κ2) is 5.18. The zero-order valence-electron chi connectivity index (χ0n) is 14.3. The molecule has 1 N–H and O–H groups in total. The van der Waals surface area contributed by atoms with Gasteiger partial charge < -0.3 is 19.3 Å². The maximum Gasteiger partial charge on any atom is 0.303 e. The van der Waals surface area contributed by atoms with Crippen molar-refractivity contribution in [3.05, 3.63) is 0 Å². The number of ether oxygens (including phenoxy) is 3. The summed E-state index contributed by atoms with van der Waals surface area (Å²) in [5.41, 5.74) is -1.71. The standard InChI is InChI=1S/C17H26O6/c1-10(18)21-12-5-6-14(22-11(2)19)17-15(3,9-12)8-7-13(20)16(17,4)23-17/h12-14,20H,5-9H2,1-4H3/t12-,13+,14-,15-,16+,17-/m0/s1. The van der Waals surface area contributed by atoms with E-state index in [0.717, 1.165) is 6.42 Å². The van der Waals surface area contributed by atoms with Crippen LogP contribution in [-0.2, 0) is 23.8 Å². The van der Waals surface area contributed by atoms with Crippen molar-refractivity contribution in [2.45, 2.75) is 89.3 Å². The molecule has 2 aliphatic carbocycles. The topological polar surface area (TPSA) is 85.4 Å². The van der Waals surface area contributed by atoms with Crippen LogP contribution < -0.4 is 0 Å². The van der Waals surface area contributed by atoms with Crippen molar-refractivity contribution in [1.29, 1.82) is 0 Å². The minimum atomic E-state index is -0.703. The van der Waals surface area contributed by atoms with Crippen LogP contribution in [0.25, 0.3) is 0 Å². The van der Waals surface area contributed by atoms with Crippen LogP contribution in [0.3, 0.4) is 0 Å². The molecule has 1 heterocycles. The number of hydrogen-bond acceptors (Lipinski definition) is 6. The van der Waals surface area contributed by atoms with E-state index in [1.165, 1.54) is 13.8 Å². The summed E-state index contributed by atoms with van der Waals surface area (Å²) in [6, 6.07) is 0. The summed E-state index contributed by atoms with van der Waals surface area (Å²) in [5.74, 6) is -0.649. The Bertz CT molecular complexity index is 533. The normalized spacial score (nSPS) is 48.5. The van der Waals surface area contributed by atoms with Gasteiger partial charge in [-0.05, 0) is 39.0 Å². The smallest absolute Gasteiger partial charge is 0.303 e. The summed E-state index contributed by atoms with van der Waals surface area (Å²) < 4.78 is 17.2. The van der Waals surface area contributed by atoms with Gasteiger partial charge in [0.25, 0.3) is 0 Å². The lowest BCUT2D eigenvalue weighted by Crippen LogP contribution is -2.57. The van der Waals surface area contributed by atoms with Gasteiger partial charge >= 0.3 is 11.9 Å². The number of carbonyl (C=O) groups is 2. The molecule has 0 aromatic rings. The minimum absolute atomic E-state index is 0.210. The number of aliphatic hydroxyl groups is 1. The predicted octanol–water partition coefficient (Wildman–Crippen LogP) is 1.72. The summed E-state index contributed by atoms with van der Waals surface area (Å²) in [4.78, 5) is 23.0. The highest BCUT2D eigenvalue weighted by molar-refractivity contribution is 5.67. The number of carbonyl (C=O) groups excluding carboxylic acids is 2. The first-order valence-electron chi connectivity index (χ1n) is 8.37. The average Bonchev–Trinajstić information content (AvgIpc) is 3.10. The molecule has 0 aromatic heterocycles. The molecule has 0 amide bonds. The van der Waals surface area contributed by atoms with Crippen molar-refractivity contribution in [3.8, 4) is 0 Å². The van der Waals surface area contributed by atoms with Gasteiger partial charge in [-0.2, -0.15) is 0 Å². The summed E-state index contributed by atoms with van der Waals surface area (Å²) in [5, 5.41) is 10.4. The molecule has 0 bridgehead atoms. The number of rotatable bonds is 2. The van der Waals surface area contributed by atoms with Crippen LogP contribution in [0.15, 0.2) is 0 Å². The van der Waals surface area contributed by atoms with Gasteiger partial charge in [0.05, 0.1) is 6.10 Å². The van der Waals surface area contributed by atoms with Crippen LogP contribution in [0.2, 0.25) is 0 Å². The van der Waals surface area contributed by atoms with Gasteiger partial charge in [0.1, 0.15) is 23.4 Å². The molecule has 3 aliphatic rings. The zero-order valence-corrected chi connectivity index (χ0v) is 14.3. The molecule has 130 valence electrons. The van der Waals surface area contributed by atoms with Gasteiger partial charge in [0, 0.05) is 19.3 Å². The van der Waals surface area contributed by atoms with Gasteiger partial charge in [-0.3, -0.25) is 9.59 Å². The third kappa shape index (κ3) is 2.30. The lowest BCUT2D eigenvalue weighted by Gasteiger charge is -2.44. The molecule has 1 aliphatic heterocycles. The van der Waals surface area contributed by atoms with Crippen LogP contribution in [0.4, 0.5) is 0 Å². The molecule has 6 nitrogen and oxygen atoms in total. The third-order valence-corrected chi connectivity index (χ3v) is 6.09. The molecular weight excluding hydrogens is 300 g/mol. The summed E-state index contributed by atoms with van der Waals surface area (Å²) >= 11 is 0. The second-order valence-corrected chi connectivity index (χ2v) is 7.67. The lowest BCUT2D eigenvalue weighted by molar-refractivity contribution is -0.155. The summed E-state index contributed by atoms with van der Waals surface area (Å²) in [6.45, 7) is 6.80. The average molecular weight is 326 g/mol. The van der Waals surface area contributed by atoms with Crippen LogP contribution >= 0.6 is 0 Å². The molecule has 0 radical (unpaired) electrons. The Labute approximate surface area is 136 Å². The molecule has 0 aromatic carbocycles. The van der Waals surface area contributed by atoms with E-state index in [4.69, 9.17) is 14.2 Å². The zero-order chi connectivity index (χ0) is 17.0. The van der Waals surface area contributed by atoms with Crippen molar-refractivity contribution in [2.75, 3.05) is 0 Å². The van der Waals surface area contributed by atoms with Gasteiger partial charge in [0.15, 0.2) is 0 Å². The SMILES string of the molecule is CC(=O)O[C@H]1CC[C@H](OC(C)=O)[C@@]23O[C@]2(C)[C@H](O)CC[C@@]3(C)C1. The largest absolute Gasteiger partial charge is 0.463 e. The Balaban J connectivity index is 1.97. The Hall–Kier alpha value is -1.14. The molecule has 6 heteroatoms. The first-order chi connectivity index (χ1) is 10.6. The highest BCUT2D eigenvalue weighted by Crippen LogP contribution is 2.70. The van der Waals surface area contributed by atoms with E-state index in [9.17, 15) is 14.7 Å². The maximum atomic E-state index is 11.6. The number of hydrogen-bond donors (Lipinski definition) is 1. The van der Waals surface area contributed by atoms with Crippen molar-refractivity contribution < 1.29 is 28.9 Å². The van der Waals surface area contributed by atoms with E-state index in [1.54, 1.807) is 0 Å². The van der Waals surface area contributed by atoms with Crippen LogP contribution in [-0.4, -0.2) is 46.6 Å². The molecule has 23 heavy (non-hydrogen) atoms. The number of esters is 2. The fraction of sp³-hybridized carbons (Fsp3) is 0.882. The predicted molar refractivity (Wildman–Crippen MR) is 80.5 cm³/mol. The van der Waals surface area contributed by atoms with E-state index >= 15 is 0 Å². The van der Waals surface area contributed by atoms with Crippen molar-refractivity contribution in [3.63, 3.8) is 0 Å². The van der Waals surface area contributed by atoms with E-state index < -0.39 is 23.4 Å². The molecule has 6 atom stereocenters. The molecule has 0 unspecified atom stereocenters. The molecule has 3 rings (SSSR count). The Morgan fingerprint density at radius 2 is 1.74 bits per heavy atom. The fourth-order valence-electron chi connectivity index (χ4n) is 5.11. The molecule has 1 saturated heterocycles. The first kappa shape index (κ1) is 16.7. The Morgan fingerprint density at radius 3 is 2.35 bits per heavy atom. The van der Waals surface area contributed by atoms with Gasteiger partial charge in [-0.25, -0.2) is 0 Å². The highest BCUT2D eigenvalue weighted by atomic mass is 16.7. The van der Waals surface area contributed by atoms with Crippen LogP contribution in [0, 0.1) is 5.41 Å². The van der Waals surface area contributed by atoms with E-state index in [2.05, 4.69) is 6.92 Å². The monoisotopic (exact) mass is 326 g/mol. The minimum Gasteiger partial charge on any atom is -0.463 e. The quantitative estimate of drug-likeness (QED) is 0.614. The second-order valence-electron chi connectivity index (χ2n) is 7.67. The third-order valence-electron chi connectivity index (χ3n) is 6.09. The Morgan fingerprint density at radius 1 is 1.09 bits per heavy atom. The lowest BCUT2D eigenvalue weighted by atomic mass is 9.59. The highest BCUT2D eigenvalue weighted by Gasteiger charge is 2.83. The van der Waals surface area contributed by atoms with Gasteiger partial charge in [0.2, 0.25) is 0 Å². The first-order valence-corrected chi connectivity index (χ1v) is 8.37. The molecule has 1 spiro atoms. The fourth-order valence-corrected chi connectivity index (χ4v) is 5.11. The van der Waals surface area contributed by atoms with Crippen molar-refractivity contribution in [2.24, 2.45) is 5.41 Å². The van der Waals surface area contributed by atoms with E-state index in [0.29, 0.717) is 25.7 Å². The van der Waals surface area contributed by atoms with Gasteiger partial charge in [-0.1, -0.05) is 6.92 Å². The maximum absolute atomic E-state index is 11.6. The van der Waals surface area contributed by atoms with Crippen LogP contribution in [0.1, 0.15) is 59.8 Å². The number of epoxide rings is 1. The van der Waals surface area contributed by atoms with Crippen LogP contribution in [0.5, 0.6) is 0 Å². The van der Waals surface area contributed by atoms with Crippen molar-refractivity contribution in [1.82, 2.24) is 0 Å². The van der Waals surface area contributed by atoms with Gasteiger partial charge in [-0.15, -0.1) is 0 Å².